The van der Waals surface area contributed by atoms with Crippen LogP contribution in [0.2, 0.25) is 0 Å². The molecule has 1 atom stereocenters. The summed E-state index contributed by atoms with van der Waals surface area (Å²) in [4.78, 5) is 11.9. The van der Waals surface area contributed by atoms with E-state index < -0.39 is 10.8 Å². The van der Waals surface area contributed by atoms with Gasteiger partial charge in [-0.05, 0) is 25.1 Å². The molecule has 2 heterocycles. The van der Waals surface area contributed by atoms with Crippen LogP contribution in [-0.2, 0) is 26.0 Å². The van der Waals surface area contributed by atoms with Crippen LogP contribution in [-0.4, -0.2) is 46.3 Å². The number of methoxy groups -OCH3 is 1. The maximum Gasteiger partial charge on any atom is 0.197 e. The Labute approximate surface area is 160 Å². The van der Waals surface area contributed by atoms with Gasteiger partial charge in [-0.1, -0.05) is 12.1 Å². The van der Waals surface area contributed by atoms with Crippen molar-refractivity contribution in [3.63, 3.8) is 0 Å². The summed E-state index contributed by atoms with van der Waals surface area (Å²) in [7, 11) is 0.276. The molecule has 0 radical (unpaired) electrons. The minimum atomic E-state index is -1.32. The van der Waals surface area contributed by atoms with Crippen molar-refractivity contribution in [3.8, 4) is 5.75 Å². The molecule has 1 unspecified atom stereocenters. The van der Waals surface area contributed by atoms with Crippen LogP contribution in [0.5, 0.6) is 5.75 Å². The summed E-state index contributed by atoms with van der Waals surface area (Å²) in [5.74, 6) is 1.02. The lowest BCUT2D eigenvalue weighted by molar-refractivity contribution is -0.0333. The van der Waals surface area contributed by atoms with Crippen LogP contribution in [0.1, 0.15) is 17.7 Å². The van der Waals surface area contributed by atoms with Gasteiger partial charge in [-0.25, -0.2) is 4.98 Å². The molecule has 0 saturated carbocycles. The van der Waals surface area contributed by atoms with Crippen LogP contribution < -0.4 is 4.74 Å². The number of para-hydroxylation sites is 2. The van der Waals surface area contributed by atoms with E-state index >= 15 is 0 Å². The van der Waals surface area contributed by atoms with Gasteiger partial charge in [0, 0.05) is 25.3 Å². The third kappa shape index (κ3) is 5.12. The van der Waals surface area contributed by atoms with Gasteiger partial charge in [-0.2, -0.15) is 0 Å². The Morgan fingerprint density at radius 2 is 2.04 bits per heavy atom. The number of nitrogens with one attached hydrogen (secondary N) is 1. The molecule has 3 aromatic rings. The van der Waals surface area contributed by atoms with Crippen molar-refractivity contribution in [2.45, 2.75) is 24.3 Å². The molecule has 0 saturated heterocycles. The number of aromatic amines is 1. The van der Waals surface area contributed by atoms with Crippen molar-refractivity contribution in [1.29, 1.82) is 0 Å². The third-order valence-electron chi connectivity index (χ3n) is 4.00. The zero-order chi connectivity index (χ0) is 19.1. The Balaban J connectivity index is 1.62. The Morgan fingerprint density at radius 1 is 1.19 bits per heavy atom. The molecule has 0 amide bonds. The lowest BCUT2D eigenvalue weighted by Gasteiger charge is -2.11. The maximum absolute atomic E-state index is 12.7. The monoisotopic (exact) mass is 389 g/mol. The lowest BCUT2D eigenvalue weighted by atomic mass is 10.2. The van der Waals surface area contributed by atoms with Crippen LogP contribution in [0.15, 0.2) is 41.7 Å². The third-order valence-corrected chi connectivity index (χ3v) is 5.16. The SMILES string of the molecule is COCOCCCOc1ccnc(CS(=O)c2nc3ccccc3[nH]2)c1C. The van der Waals surface area contributed by atoms with E-state index in [4.69, 9.17) is 14.2 Å². The number of pyridine rings is 1. The van der Waals surface area contributed by atoms with Crippen LogP contribution in [0.25, 0.3) is 11.0 Å². The Kier molecular flexibility index (Phi) is 6.92. The van der Waals surface area contributed by atoms with Gasteiger partial charge >= 0.3 is 0 Å². The van der Waals surface area contributed by atoms with Crippen molar-refractivity contribution >= 4 is 21.8 Å². The molecule has 0 fully saturated rings. The predicted octanol–water partition coefficient (Wildman–Crippen LogP) is 2.96. The van der Waals surface area contributed by atoms with Crippen molar-refractivity contribution in [2.75, 3.05) is 27.1 Å². The number of imidazole rings is 1. The molecule has 27 heavy (non-hydrogen) atoms. The highest BCUT2D eigenvalue weighted by atomic mass is 32.2. The fourth-order valence-electron chi connectivity index (χ4n) is 2.58. The first kappa shape index (κ1) is 19.5. The average Bonchev–Trinajstić information content (AvgIpc) is 3.11. The summed E-state index contributed by atoms with van der Waals surface area (Å²) in [6.45, 7) is 3.31. The summed E-state index contributed by atoms with van der Waals surface area (Å²) in [6, 6.07) is 9.44. The average molecular weight is 389 g/mol. The maximum atomic E-state index is 12.7. The molecule has 0 aliphatic heterocycles. The van der Waals surface area contributed by atoms with E-state index in [0.29, 0.717) is 18.4 Å². The van der Waals surface area contributed by atoms with Gasteiger partial charge in [-0.3, -0.25) is 9.19 Å². The van der Waals surface area contributed by atoms with Crippen LogP contribution >= 0.6 is 0 Å². The van der Waals surface area contributed by atoms with Gasteiger partial charge in [0.2, 0.25) is 0 Å². The Bertz CT molecular complexity index is 880. The molecule has 1 aromatic carbocycles. The number of hydrogen-bond donors (Lipinski definition) is 1. The second-order valence-electron chi connectivity index (χ2n) is 5.95. The standard InChI is InChI=1S/C19H23N3O4S/c1-14-17(20-9-8-18(14)26-11-5-10-25-13-24-2)12-27(23)19-21-15-6-3-4-7-16(15)22-19/h3-4,6-9H,5,10-13H2,1-2H3,(H,21,22). The van der Waals surface area contributed by atoms with Crippen molar-refractivity contribution in [1.82, 2.24) is 15.0 Å². The number of aromatic nitrogens is 3. The molecule has 0 bridgehead atoms. The molecule has 1 N–H and O–H groups in total. The van der Waals surface area contributed by atoms with Crippen LogP contribution in [0.4, 0.5) is 0 Å². The van der Waals surface area contributed by atoms with Crippen LogP contribution in [0, 0.1) is 6.92 Å². The zero-order valence-corrected chi connectivity index (χ0v) is 16.3. The smallest absolute Gasteiger partial charge is 0.197 e. The molecule has 144 valence electrons. The van der Waals surface area contributed by atoms with E-state index in [0.717, 1.165) is 34.5 Å². The largest absolute Gasteiger partial charge is 0.493 e. The summed E-state index contributed by atoms with van der Waals surface area (Å²) in [5.41, 5.74) is 3.30. The normalized spacial score (nSPS) is 12.4. The van der Waals surface area contributed by atoms with Crippen molar-refractivity contribution in [2.24, 2.45) is 0 Å². The second-order valence-corrected chi connectivity index (χ2v) is 7.31. The molecule has 3 rings (SSSR count). The highest BCUT2D eigenvalue weighted by molar-refractivity contribution is 7.84. The quantitative estimate of drug-likeness (QED) is 0.424. The summed E-state index contributed by atoms with van der Waals surface area (Å²) < 4.78 is 28.6. The number of benzene rings is 1. The molecule has 7 nitrogen and oxygen atoms in total. The molecule has 0 aliphatic carbocycles. The summed E-state index contributed by atoms with van der Waals surface area (Å²) >= 11 is 0. The first-order valence-electron chi connectivity index (χ1n) is 8.66. The number of fused-ring (bicyclic) bond motifs is 1. The Hall–Kier alpha value is -2.29. The van der Waals surface area contributed by atoms with E-state index in [2.05, 4.69) is 15.0 Å². The molecule has 0 spiro atoms. The molecular weight excluding hydrogens is 366 g/mol. The number of ether oxygens (including phenoxy) is 3. The van der Waals surface area contributed by atoms with Gasteiger partial charge < -0.3 is 19.2 Å². The highest BCUT2D eigenvalue weighted by Crippen LogP contribution is 2.22. The topological polar surface area (TPSA) is 86.3 Å². The predicted molar refractivity (Wildman–Crippen MR) is 103 cm³/mol. The number of hydrogen-bond acceptors (Lipinski definition) is 6. The first-order chi connectivity index (χ1) is 13.2. The molecule has 0 aliphatic rings. The number of H-pyrrole nitrogens is 1. The minimum absolute atomic E-state index is 0.278. The molecule has 2 aromatic heterocycles. The molecular formula is C19H23N3O4S. The fourth-order valence-corrected chi connectivity index (χ4v) is 3.68. The first-order valence-corrected chi connectivity index (χ1v) is 9.98. The van der Waals surface area contributed by atoms with E-state index in [1.54, 1.807) is 13.3 Å². The highest BCUT2D eigenvalue weighted by Gasteiger charge is 2.14. The van der Waals surface area contributed by atoms with Gasteiger partial charge in [0.1, 0.15) is 12.5 Å². The summed E-state index contributed by atoms with van der Waals surface area (Å²) in [5, 5.41) is 0.457. The van der Waals surface area contributed by atoms with Gasteiger partial charge in [0.15, 0.2) is 5.16 Å². The lowest BCUT2D eigenvalue weighted by Crippen LogP contribution is -2.07. The van der Waals surface area contributed by atoms with Crippen molar-refractivity contribution in [3.05, 3.63) is 47.8 Å². The number of nitrogens with zero attached hydrogens (tertiary/aromatic N) is 2. The molecule has 8 heteroatoms. The van der Waals surface area contributed by atoms with E-state index in [9.17, 15) is 4.21 Å². The zero-order valence-electron chi connectivity index (χ0n) is 15.4. The van der Waals surface area contributed by atoms with Gasteiger partial charge in [-0.15, -0.1) is 0 Å². The summed E-state index contributed by atoms with van der Waals surface area (Å²) in [6.07, 6.45) is 2.43. The fraction of sp³-hybridized carbons (Fsp3) is 0.368. The van der Waals surface area contributed by atoms with Gasteiger partial charge in [0.05, 0.1) is 46.5 Å². The van der Waals surface area contributed by atoms with E-state index in [1.807, 2.05) is 37.3 Å². The van der Waals surface area contributed by atoms with Crippen LogP contribution in [0.3, 0.4) is 0 Å². The van der Waals surface area contributed by atoms with Gasteiger partial charge in [0.25, 0.3) is 0 Å². The Morgan fingerprint density at radius 3 is 2.85 bits per heavy atom. The second kappa shape index (κ2) is 9.59. The van der Waals surface area contributed by atoms with Crippen molar-refractivity contribution < 1.29 is 18.4 Å². The number of rotatable bonds is 10. The van der Waals surface area contributed by atoms with E-state index in [1.165, 1.54) is 0 Å². The minimum Gasteiger partial charge on any atom is -0.493 e. The van der Waals surface area contributed by atoms with E-state index in [-0.39, 0.29) is 12.5 Å².